The van der Waals surface area contributed by atoms with Gasteiger partial charge in [0.1, 0.15) is 0 Å². The van der Waals surface area contributed by atoms with E-state index in [4.69, 9.17) is 11.6 Å². The maximum absolute atomic E-state index is 6.41. The summed E-state index contributed by atoms with van der Waals surface area (Å²) in [5.74, 6) is 0.636. The Morgan fingerprint density at radius 1 is 1.33 bits per heavy atom. The molecule has 0 aromatic carbocycles. The van der Waals surface area contributed by atoms with E-state index < -0.39 is 0 Å². The summed E-state index contributed by atoms with van der Waals surface area (Å²) in [5.41, 5.74) is 2.22. The van der Waals surface area contributed by atoms with Gasteiger partial charge < -0.3 is 5.32 Å². The smallest absolute Gasteiger partial charge is 0.0849 e. The molecule has 0 saturated heterocycles. The van der Waals surface area contributed by atoms with Crippen molar-refractivity contribution in [3.63, 3.8) is 0 Å². The minimum Gasteiger partial charge on any atom is -0.317 e. The number of aromatic nitrogens is 2. The monoisotopic (exact) mass is 271 g/mol. The average molecular weight is 272 g/mol. The van der Waals surface area contributed by atoms with Gasteiger partial charge in [0.15, 0.2) is 0 Å². The minimum atomic E-state index is 0.534. The topological polar surface area (TPSA) is 29.9 Å². The molecule has 0 radical (unpaired) electrons. The Hall–Kier alpha value is -0.540. The molecule has 1 aromatic rings. The van der Waals surface area contributed by atoms with E-state index in [9.17, 15) is 0 Å². The molecule has 0 amide bonds. The second kappa shape index (κ2) is 7.15. The summed E-state index contributed by atoms with van der Waals surface area (Å²) in [5, 5.41) is 8.81. The summed E-state index contributed by atoms with van der Waals surface area (Å²) in [6.07, 6.45) is 2.99. The van der Waals surface area contributed by atoms with Crippen LogP contribution in [0, 0.1) is 5.92 Å². The van der Waals surface area contributed by atoms with Crippen molar-refractivity contribution in [1.82, 2.24) is 15.1 Å². The molecule has 0 aliphatic rings. The number of halogens is 1. The van der Waals surface area contributed by atoms with Gasteiger partial charge in [-0.15, -0.1) is 0 Å². The largest absolute Gasteiger partial charge is 0.317 e. The molecule has 1 aromatic heterocycles. The summed E-state index contributed by atoms with van der Waals surface area (Å²) in [7, 11) is 2.03. The zero-order valence-corrected chi connectivity index (χ0v) is 13.0. The highest BCUT2D eigenvalue weighted by Gasteiger charge is 2.17. The normalized spacial score (nSPS) is 13.3. The quantitative estimate of drug-likeness (QED) is 0.825. The second-order valence-electron chi connectivity index (χ2n) is 5.05. The van der Waals surface area contributed by atoms with Crippen molar-refractivity contribution in [2.24, 2.45) is 5.92 Å². The van der Waals surface area contributed by atoms with Crippen LogP contribution in [0.15, 0.2) is 0 Å². The van der Waals surface area contributed by atoms with Crippen LogP contribution in [0.5, 0.6) is 0 Å². The third-order valence-corrected chi connectivity index (χ3v) is 4.00. The summed E-state index contributed by atoms with van der Waals surface area (Å²) in [4.78, 5) is 0. The van der Waals surface area contributed by atoms with Crippen molar-refractivity contribution in [3.8, 4) is 0 Å². The maximum Gasteiger partial charge on any atom is 0.0849 e. The summed E-state index contributed by atoms with van der Waals surface area (Å²) >= 11 is 6.41. The minimum absolute atomic E-state index is 0.534. The van der Waals surface area contributed by atoms with Gasteiger partial charge >= 0.3 is 0 Å². The van der Waals surface area contributed by atoms with Crippen LogP contribution in [0.4, 0.5) is 0 Å². The molecule has 104 valence electrons. The SMILES string of the molecule is CCc1nn(CC)c(CCC(NC)C(C)C)c1Cl. The predicted molar refractivity (Wildman–Crippen MR) is 78.3 cm³/mol. The van der Waals surface area contributed by atoms with E-state index in [1.54, 1.807) is 0 Å². The molecule has 0 bridgehead atoms. The molecule has 1 unspecified atom stereocenters. The van der Waals surface area contributed by atoms with E-state index in [0.717, 1.165) is 36.5 Å². The Morgan fingerprint density at radius 3 is 2.44 bits per heavy atom. The number of aryl methyl sites for hydroxylation is 2. The molecule has 0 spiro atoms. The van der Waals surface area contributed by atoms with E-state index in [-0.39, 0.29) is 0 Å². The molecule has 0 saturated carbocycles. The fourth-order valence-corrected chi connectivity index (χ4v) is 2.72. The van der Waals surface area contributed by atoms with E-state index in [2.05, 4.69) is 38.1 Å². The molecular weight excluding hydrogens is 246 g/mol. The molecule has 1 heterocycles. The Bertz CT molecular complexity index is 371. The fraction of sp³-hybridized carbons (Fsp3) is 0.786. The Labute approximate surface area is 116 Å². The molecule has 1 N–H and O–H groups in total. The standard InChI is InChI=1S/C14H26ClN3/c1-6-11-14(15)13(18(7-2)17-11)9-8-12(16-5)10(3)4/h10,12,16H,6-9H2,1-5H3. The van der Waals surface area contributed by atoms with Crippen molar-refractivity contribution in [2.75, 3.05) is 7.05 Å². The molecule has 0 fully saturated rings. The fourth-order valence-electron chi connectivity index (χ4n) is 2.36. The predicted octanol–water partition coefficient (Wildman–Crippen LogP) is 3.30. The van der Waals surface area contributed by atoms with E-state index in [1.807, 2.05) is 11.7 Å². The highest BCUT2D eigenvalue weighted by Crippen LogP contribution is 2.24. The maximum atomic E-state index is 6.41. The van der Waals surface area contributed by atoms with Gasteiger partial charge in [-0.1, -0.05) is 32.4 Å². The lowest BCUT2D eigenvalue weighted by atomic mass is 9.98. The van der Waals surface area contributed by atoms with Crippen LogP contribution < -0.4 is 5.32 Å². The summed E-state index contributed by atoms with van der Waals surface area (Å²) in [6, 6.07) is 0.534. The Kier molecular flexibility index (Phi) is 6.16. The van der Waals surface area contributed by atoms with Crippen molar-refractivity contribution in [3.05, 3.63) is 16.4 Å². The van der Waals surface area contributed by atoms with Crippen LogP contribution in [0.1, 0.15) is 45.5 Å². The number of hydrogen-bond acceptors (Lipinski definition) is 2. The van der Waals surface area contributed by atoms with Gasteiger partial charge in [0, 0.05) is 12.6 Å². The van der Waals surface area contributed by atoms with Crippen LogP contribution in [-0.2, 0) is 19.4 Å². The number of hydrogen-bond donors (Lipinski definition) is 1. The van der Waals surface area contributed by atoms with E-state index in [1.165, 1.54) is 5.69 Å². The van der Waals surface area contributed by atoms with Crippen molar-refractivity contribution < 1.29 is 0 Å². The first-order valence-electron chi connectivity index (χ1n) is 6.96. The number of nitrogens with zero attached hydrogens (tertiary/aromatic N) is 2. The van der Waals surface area contributed by atoms with Crippen LogP contribution in [0.25, 0.3) is 0 Å². The molecule has 18 heavy (non-hydrogen) atoms. The summed E-state index contributed by atoms with van der Waals surface area (Å²) < 4.78 is 2.05. The van der Waals surface area contributed by atoms with Crippen LogP contribution in [0.2, 0.25) is 5.02 Å². The van der Waals surface area contributed by atoms with Crippen LogP contribution in [0.3, 0.4) is 0 Å². The van der Waals surface area contributed by atoms with Gasteiger partial charge in [-0.25, -0.2) is 0 Å². The average Bonchev–Trinajstić information content (AvgIpc) is 2.66. The van der Waals surface area contributed by atoms with Gasteiger partial charge in [-0.2, -0.15) is 5.10 Å². The molecule has 4 heteroatoms. The first kappa shape index (κ1) is 15.5. The lowest BCUT2D eigenvalue weighted by molar-refractivity contribution is 0.398. The van der Waals surface area contributed by atoms with Gasteiger partial charge in [0.05, 0.1) is 16.4 Å². The third-order valence-electron chi connectivity index (χ3n) is 3.56. The zero-order valence-electron chi connectivity index (χ0n) is 12.3. The van der Waals surface area contributed by atoms with Crippen molar-refractivity contribution in [2.45, 2.75) is 59.5 Å². The Balaban J connectivity index is 2.80. The van der Waals surface area contributed by atoms with Gasteiger partial charge in [0.25, 0.3) is 0 Å². The first-order chi connectivity index (χ1) is 8.54. The zero-order chi connectivity index (χ0) is 13.7. The highest BCUT2D eigenvalue weighted by molar-refractivity contribution is 6.31. The summed E-state index contributed by atoms with van der Waals surface area (Å²) in [6.45, 7) is 9.60. The van der Waals surface area contributed by atoms with Crippen LogP contribution in [-0.4, -0.2) is 22.9 Å². The number of nitrogens with one attached hydrogen (secondary N) is 1. The van der Waals surface area contributed by atoms with Crippen molar-refractivity contribution in [1.29, 1.82) is 0 Å². The highest BCUT2D eigenvalue weighted by atomic mass is 35.5. The second-order valence-corrected chi connectivity index (χ2v) is 5.43. The third kappa shape index (κ3) is 3.48. The molecule has 0 aliphatic carbocycles. The Morgan fingerprint density at radius 2 is 2.00 bits per heavy atom. The van der Waals surface area contributed by atoms with Gasteiger partial charge in [0.2, 0.25) is 0 Å². The first-order valence-corrected chi connectivity index (χ1v) is 7.34. The number of rotatable bonds is 7. The van der Waals surface area contributed by atoms with Gasteiger partial charge in [-0.05, 0) is 39.2 Å². The molecule has 1 rings (SSSR count). The van der Waals surface area contributed by atoms with Crippen LogP contribution >= 0.6 is 11.6 Å². The molecular formula is C14H26ClN3. The molecule has 3 nitrogen and oxygen atoms in total. The lowest BCUT2D eigenvalue weighted by Gasteiger charge is -2.20. The van der Waals surface area contributed by atoms with E-state index >= 15 is 0 Å². The van der Waals surface area contributed by atoms with Crippen molar-refractivity contribution >= 4 is 11.6 Å². The molecule has 1 atom stereocenters. The molecule has 0 aliphatic heterocycles. The van der Waals surface area contributed by atoms with E-state index in [0.29, 0.717) is 12.0 Å². The van der Waals surface area contributed by atoms with Gasteiger partial charge in [-0.3, -0.25) is 4.68 Å². The lowest BCUT2D eigenvalue weighted by Crippen LogP contribution is -2.31.